The molecule has 0 aromatic heterocycles. The van der Waals surface area contributed by atoms with Gasteiger partial charge in [0.25, 0.3) is 0 Å². The molecule has 0 aliphatic rings. The molecule has 0 saturated carbocycles. The number of carbonyl (C=O) groups excluding carboxylic acids is 2. The Kier molecular flexibility index (Phi) is 7.49. The number of methoxy groups -OCH3 is 1. The second kappa shape index (κ2) is 8.03. The highest BCUT2D eigenvalue weighted by Gasteiger charge is 2.27. The molecule has 0 spiro atoms. The van der Waals surface area contributed by atoms with E-state index in [0.717, 1.165) is 0 Å². The van der Waals surface area contributed by atoms with Crippen molar-refractivity contribution >= 4 is 11.9 Å². The predicted molar refractivity (Wildman–Crippen MR) is 59.2 cm³/mol. The van der Waals surface area contributed by atoms with Crippen LogP contribution < -0.4 is 0 Å². The molecule has 2 unspecified atom stereocenters. The van der Waals surface area contributed by atoms with Crippen LogP contribution in [0.4, 0.5) is 0 Å². The molecule has 0 saturated heterocycles. The summed E-state index contributed by atoms with van der Waals surface area (Å²) in [5.41, 5.74) is 0. The van der Waals surface area contributed by atoms with Crippen molar-refractivity contribution in [2.24, 2.45) is 0 Å². The molecular weight excluding hydrogens is 228 g/mol. The fraction of sp³-hybridized carbons (Fsp3) is 0.818. The van der Waals surface area contributed by atoms with E-state index in [0.29, 0.717) is 0 Å². The van der Waals surface area contributed by atoms with Gasteiger partial charge in [0, 0.05) is 21.0 Å². The van der Waals surface area contributed by atoms with E-state index in [-0.39, 0.29) is 12.7 Å². The third-order valence-corrected chi connectivity index (χ3v) is 1.73. The van der Waals surface area contributed by atoms with E-state index < -0.39 is 24.3 Å². The summed E-state index contributed by atoms with van der Waals surface area (Å²) in [4.78, 5) is 21.8. The molecule has 6 nitrogen and oxygen atoms in total. The molecular formula is C11H20O6. The number of rotatable bonds is 7. The van der Waals surface area contributed by atoms with Gasteiger partial charge in [0.1, 0.15) is 0 Å². The molecule has 17 heavy (non-hydrogen) atoms. The average Bonchev–Trinajstić information content (AvgIpc) is 2.20. The standard InChI is InChI=1S/C11H20O6/c1-7(2)15-6-10(16-8(3)12)11(14-5)17-9(4)13/h7,10-11H,6H2,1-5H3. The first kappa shape index (κ1) is 15.9. The van der Waals surface area contributed by atoms with Crippen molar-refractivity contribution in [2.75, 3.05) is 13.7 Å². The van der Waals surface area contributed by atoms with E-state index >= 15 is 0 Å². The summed E-state index contributed by atoms with van der Waals surface area (Å²) in [6.07, 6.45) is -1.76. The van der Waals surface area contributed by atoms with E-state index in [1.807, 2.05) is 13.8 Å². The van der Waals surface area contributed by atoms with Gasteiger partial charge in [-0.05, 0) is 13.8 Å². The summed E-state index contributed by atoms with van der Waals surface area (Å²) in [5, 5.41) is 0. The number of hydrogen-bond donors (Lipinski definition) is 0. The molecule has 0 amide bonds. The Labute approximate surface area is 101 Å². The first-order chi connectivity index (χ1) is 7.86. The van der Waals surface area contributed by atoms with Crippen LogP contribution in [0.5, 0.6) is 0 Å². The van der Waals surface area contributed by atoms with Gasteiger partial charge in [-0.15, -0.1) is 0 Å². The fourth-order valence-electron chi connectivity index (χ4n) is 1.11. The van der Waals surface area contributed by atoms with Crippen molar-refractivity contribution < 1.29 is 28.5 Å². The highest BCUT2D eigenvalue weighted by Crippen LogP contribution is 2.08. The zero-order chi connectivity index (χ0) is 13.4. The molecule has 0 bridgehead atoms. The van der Waals surface area contributed by atoms with Crippen molar-refractivity contribution in [3.8, 4) is 0 Å². The van der Waals surface area contributed by atoms with E-state index in [9.17, 15) is 9.59 Å². The lowest BCUT2D eigenvalue weighted by Crippen LogP contribution is -2.39. The summed E-state index contributed by atoms with van der Waals surface area (Å²) in [6, 6.07) is 0. The second-order valence-corrected chi connectivity index (χ2v) is 3.74. The maximum absolute atomic E-state index is 10.9. The summed E-state index contributed by atoms with van der Waals surface area (Å²) in [6.45, 7) is 6.31. The molecule has 0 radical (unpaired) electrons. The van der Waals surface area contributed by atoms with Crippen LogP contribution in [0.15, 0.2) is 0 Å². The number of esters is 2. The van der Waals surface area contributed by atoms with Gasteiger partial charge in [-0.2, -0.15) is 0 Å². The van der Waals surface area contributed by atoms with Crippen molar-refractivity contribution in [1.82, 2.24) is 0 Å². The average molecular weight is 248 g/mol. The third kappa shape index (κ3) is 7.70. The Balaban J connectivity index is 4.49. The predicted octanol–water partition coefficient (Wildman–Crippen LogP) is 0.879. The smallest absolute Gasteiger partial charge is 0.305 e. The van der Waals surface area contributed by atoms with Gasteiger partial charge in [-0.3, -0.25) is 9.59 Å². The molecule has 0 fully saturated rings. The minimum atomic E-state index is -0.963. The van der Waals surface area contributed by atoms with Gasteiger partial charge >= 0.3 is 11.9 Å². The van der Waals surface area contributed by atoms with Crippen molar-refractivity contribution in [3.63, 3.8) is 0 Å². The maximum atomic E-state index is 10.9. The number of hydrogen-bond acceptors (Lipinski definition) is 6. The lowest BCUT2D eigenvalue weighted by molar-refractivity contribution is -0.212. The van der Waals surface area contributed by atoms with Gasteiger partial charge < -0.3 is 18.9 Å². The SMILES string of the molecule is COC(OC(C)=O)C(COC(C)C)OC(C)=O. The largest absolute Gasteiger partial charge is 0.453 e. The van der Waals surface area contributed by atoms with Crippen LogP contribution in [0.25, 0.3) is 0 Å². The topological polar surface area (TPSA) is 71.1 Å². The number of carbonyl (C=O) groups is 2. The van der Waals surface area contributed by atoms with Crippen LogP contribution in [0.1, 0.15) is 27.7 Å². The summed E-state index contributed by atoms with van der Waals surface area (Å²) >= 11 is 0. The third-order valence-electron chi connectivity index (χ3n) is 1.73. The Morgan fingerprint density at radius 3 is 1.94 bits per heavy atom. The van der Waals surface area contributed by atoms with E-state index in [2.05, 4.69) is 0 Å². The minimum absolute atomic E-state index is 0.0251. The van der Waals surface area contributed by atoms with Crippen LogP contribution in [-0.4, -0.2) is 44.2 Å². The lowest BCUT2D eigenvalue weighted by atomic mass is 10.3. The lowest BCUT2D eigenvalue weighted by Gasteiger charge is -2.25. The fourth-order valence-corrected chi connectivity index (χ4v) is 1.11. The van der Waals surface area contributed by atoms with Crippen molar-refractivity contribution in [1.29, 1.82) is 0 Å². The maximum Gasteiger partial charge on any atom is 0.305 e. The normalized spacial score (nSPS) is 14.2. The molecule has 0 aromatic carbocycles. The highest BCUT2D eigenvalue weighted by atomic mass is 16.7. The van der Waals surface area contributed by atoms with Gasteiger partial charge in [0.15, 0.2) is 6.10 Å². The molecule has 0 aromatic rings. The van der Waals surface area contributed by atoms with Gasteiger partial charge in [-0.25, -0.2) is 0 Å². The van der Waals surface area contributed by atoms with Gasteiger partial charge in [0.05, 0.1) is 12.7 Å². The Hall–Kier alpha value is -1.14. The molecule has 0 aliphatic carbocycles. The molecule has 2 atom stereocenters. The summed E-state index contributed by atoms with van der Waals surface area (Å²) < 4.78 is 20.1. The molecule has 0 N–H and O–H groups in total. The van der Waals surface area contributed by atoms with Crippen LogP contribution in [0, 0.1) is 0 Å². The zero-order valence-corrected chi connectivity index (χ0v) is 10.9. The van der Waals surface area contributed by atoms with Crippen LogP contribution >= 0.6 is 0 Å². The Bertz CT molecular complexity index is 250. The molecule has 6 heteroatoms. The Morgan fingerprint density at radius 1 is 1.06 bits per heavy atom. The van der Waals surface area contributed by atoms with Crippen LogP contribution in [-0.2, 0) is 28.5 Å². The van der Waals surface area contributed by atoms with Gasteiger partial charge in [0.2, 0.25) is 6.29 Å². The highest BCUT2D eigenvalue weighted by molar-refractivity contribution is 5.67. The van der Waals surface area contributed by atoms with Crippen LogP contribution in [0.2, 0.25) is 0 Å². The quantitative estimate of drug-likeness (QED) is 0.492. The minimum Gasteiger partial charge on any atom is -0.453 e. The van der Waals surface area contributed by atoms with Crippen molar-refractivity contribution in [2.45, 2.75) is 46.2 Å². The van der Waals surface area contributed by atoms with Crippen molar-refractivity contribution in [3.05, 3.63) is 0 Å². The van der Waals surface area contributed by atoms with Gasteiger partial charge in [-0.1, -0.05) is 0 Å². The Morgan fingerprint density at radius 2 is 1.59 bits per heavy atom. The molecule has 0 aliphatic heterocycles. The number of ether oxygens (including phenoxy) is 4. The molecule has 0 rings (SSSR count). The second-order valence-electron chi connectivity index (χ2n) is 3.74. The first-order valence-electron chi connectivity index (χ1n) is 5.35. The van der Waals surface area contributed by atoms with E-state index in [1.54, 1.807) is 0 Å². The zero-order valence-electron chi connectivity index (χ0n) is 10.9. The van der Waals surface area contributed by atoms with E-state index in [4.69, 9.17) is 18.9 Å². The summed E-state index contributed by atoms with van der Waals surface area (Å²) in [5.74, 6) is -1.00. The first-order valence-corrected chi connectivity index (χ1v) is 5.35. The molecule has 100 valence electrons. The monoisotopic (exact) mass is 248 g/mol. The van der Waals surface area contributed by atoms with Crippen LogP contribution in [0.3, 0.4) is 0 Å². The van der Waals surface area contributed by atoms with E-state index in [1.165, 1.54) is 21.0 Å². The summed E-state index contributed by atoms with van der Waals surface area (Å²) in [7, 11) is 1.36. The molecule has 0 heterocycles.